The van der Waals surface area contributed by atoms with Crippen LogP contribution in [0.1, 0.15) is 11.5 Å². The van der Waals surface area contributed by atoms with Crippen LogP contribution in [0.5, 0.6) is 0 Å². The summed E-state index contributed by atoms with van der Waals surface area (Å²) in [6.07, 6.45) is 0.563. The third kappa shape index (κ3) is 2.32. The molecule has 0 aliphatic heterocycles. The fourth-order valence-electron chi connectivity index (χ4n) is 0.847. The molecule has 62 valence electrons. The highest BCUT2D eigenvalue weighted by atomic mass is 16.5. The summed E-state index contributed by atoms with van der Waals surface area (Å²) in [7, 11) is 0. The topological polar surface area (TPSA) is 72.3 Å². The van der Waals surface area contributed by atoms with Crippen LogP contribution < -0.4 is 5.73 Å². The van der Waals surface area contributed by atoms with Gasteiger partial charge in [-0.3, -0.25) is 0 Å². The summed E-state index contributed by atoms with van der Waals surface area (Å²) in [5, 5.41) is 12.4. The lowest BCUT2D eigenvalue weighted by Crippen LogP contribution is -2.26. The van der Waals surface area contributed by atoms with Gasteiger partial charge in [0.2, 0.25) is 0 Å². The summed E-state index contributed by atoms with van der Waals surface area (Å²) in [4.78, 5) is 0. The Morgan fingerprint density at radius 1 is 1.82 bits per heavy atom. The first kappa shape index (κ1) is 8.23. The molecule has 0 amide bonds. The second-order valence-corrected chi connectivity index (χ2v) is 2.58. The first-order valence-electron chi connectivity index (χ1n) is 3.51. The highest BCUT2D eigenvalue weighted by molar-refractivity contribution is 5.04. The molecule has 0 radical (unpaired) electrons. The predicted octanol–water partition coefficient (Wildman–Crippen LogP) is -0.155. The van der Waals surface area contributed by atoms with Gasteiger partial charge in [0.1, 0.15) is 5.76 Å². The van der Waals surface area contributed by atoms with Crippen LogP contribution in [0.3, 0.4) is 0 Å². The number of aliphatic hydroxyl groups is 1. The molecule has 1 aromatic rings. The monoisotopic (exact) mass is 156 g/mol. The minimum Gasteiger partial charge on any atom is -0.395 e. The van der Waals surface area contributed by atoms with Crippen molar-refractivity contribution in [3.8, 4) is 0 Å². The zero-order valence-electron chi connectivity index (χ0n) is 6.45. The molecule has 0 bridgehead atoms. The molecule has 3 N–H and O–H groups in total. The van der Waals surface area contributed by atoms with Crippen molar-refractivity contribution in [3.63, 3.8) is 0 Å². The lowest BCUT2D eigenvalue weighted by molar-refractivity contribution is 0.263. The van der Waals surface area contributed by atoms with E-state index in [9.17, 15) is 0 Å². The van der Waals surface area contributed by atoms with Gasteiger partial charge >= 0.3 is 0 Å². The highest BCUT2D eigenvalue weighted by Crippen LogP contribution is 2.03. The Balaban J connectivity index is 2.50. The summed E-state index contributed by atoms with van der Waals surface area (Å²) in [5.41, 5.74) is 6.28. The Hall–Kier alpha value is -0.870. The van der Waals surface area contributed by atoms with Crippen LogP contribution in [-0.2, 0) is 6.42 Å². The number of aryl methyl sites for hydroxylation is 1. The van der Waals surface area contributed by atoms with Crippen molar-refractivity contribution in [2.24, 2.45) is 5.73 Å². The van der Waals surface area contributed by atoms with E-state index in [-0.39, 0.29) is 12.6 Å². The Morgan fingerprint density at radius 3 is 3.00 bits per heavy atom. The zero-order chi connectivity index (χ0) is 8.27. The number of hydrogen-bond acceptors (Lipinski definition) is 4. The third-order valence-electron chi connectivity index (χ3n) is 1.38. The minimum atomic E-state index is -0.237. The van der Waals surface area contributed by atoms with Crippen molar-refractivity contribution in [3.05, 3.63) is 17.5 Å². The molecule has 0 aromatic carbocycles. The summed E-state index contributed by atoms with van der Waals surface area (Å²) in [5.74, 6) is 0.769. The van der Waals surface area contributed by atoms with Crippen molar-refractivity contribution in [2.75, 3.05) is 6.61 Å². The maximum Gasteiger partial charge on any atom is 0.133 e. The maximum absolute atomic E-state index is 8.62. The summed E-state index contributed by atoms with van der Waals surface area (Å²) >= 11 is 0. The smallest absolute Gasteiger partial charge is 0.133 e. The molecule has 1 rings (SSSR count). The molecular weight excluding hydrogens is 144 g/mol. The van der Waals surface area contributed by atoms with Crippen LogP contribution in [0.2, 0.25) is 0 Å². The lowest BCUT2D eigenvalue weighted by atomic mass is 10.2. The Bertz CT molecular complexity index is 222. The molecule has 0 spiro atoms. The van der Waals surface area contributed by atoms with Gasteiger partial charge in [0, 0.05) is 18.5 Å². The molecular formula is C7H12N2O2. The Morgan fingerprint density at radius 2 is 2.55 bits per heavy atom. The Labute approximate surface area is 65.0 Å². The molecule has 1 heterocycles. The van der Waals surface area contributed by atoms with Gasteiger partial charge < -0.3 is 15.4 Å². The fraction of sp³-hybridized carbons (Fsp3) is 0.571. The molecule has 0 fully saturated rings. The molecule has 1 unspecified atom stereocenters. The quantitative estimate of drug-likeness (QED) is 0.638. The molecule has 0 saturated heterocycles. The normalized spacial score (nSPS) is 13.4. The fourth-order valence-corrected chi connectivity index (χ4v) is 0.847. The number of hydrogen-bond donors (Lipinski definition) is 2. The van der Waals surface area contributed by atoms with Crippen molar-refractivity contribution in [1.82, 2.24) is 5.16 Å². The van der Waals surface area contributed by atoms with Crippen molar-refractivity contribution in [2.45, 2.75) is 19.4 Å². The molecule has 4 heteroatoms. The van der Waals surface area contributed by atoms with Crippen molar-refractivity contribution >= 4 is 0 Å². The van der Waals surface area contributed by atoms with Gasteiger partial charge in [-0.1, -0.05) is 5.16 Å². The second-order valence-electron chi connectivity index (χ2n) is 2.58. The third-order valence-corrected chi connectivity index (χ3v) is 1.38. The summed E-state index contributed by atoms with van der Waals surface area (Å²) < 4.78 is 4.82. The standard InChI is InChI=1S/C7H12N2O2/c1-5-2-7(9-11-5)3-6(8)4-10/h2,6,10H,3-4,8H2,1H3. The van der Waals surface area contributed by atoms with Crippen LogP contribution in [0.25, 0.3) is 0 Å². The van der Waals surface area contributed by atoms with Crippen LogP contribution >= 0.6 is 0 Å². The van der Waals surface area contributed by atoms with Crippen LogP contribution in [0.15, 0.2) is 10.6 Å². The largest absolute Gasteiger partial charge is 0.395 e. The van der Waals surface area contributed by atoms with Crippen molar-refractivity contribution < 1.29 is 9.63 Å². The molecule has 1 aromatic heterocycles. The second kappa shape index (κ2) is 3.50. The van der Waals surface area contributed by atoms with Gasteiger partial charge in [0.15, 0.2) is 0 Å². The molecule has 11 heavy (non-hydrogen) atoms. The van der Waals surface area contributed by atoms with E-state index in [1.807, 2.05) is 13.0 Å². The van der Waals surface area contributed by atoms with Gasteiger partial charge in [0.25, 0.3) is 0 Å². The molecule has 0 aliphatic rings. The Kier molecular flexibility index (Phi) is 2.62. The number of aliphatic hydroxyl groups excluding tert-OH is 1. The number of aromatic nitrogens is 1. The summed E-state index contributed by atoms with van der Waals surface area (Å²) in [6.45, 7) is 1.80. The van der Waals surface area contributed by atoms with Crippen LogP contribution in [0.4, 0.5) is 0 Å². The van der Waals surface area contributed by atoms with E-state index in [0.29, 0.717) is 6.42 Å². The van der Waals surface area contributed by atoms with Gasteiger partial charge in [-0.25, -0.2) is 0 Å². The number of nitrogens with two attached hydrogens (primary N) is 1. The van der Waals surface area contributed by atoms with Crippen LogP contribution in [-0.4, -0.2) is 22.9 Å². The van der Waals surface area contributed by atoms with Gasteiger partial charge in [-0.05, 0) is 6.92 Å². The average molecular weight is 156 g/mol. The maximum atomic E-state index is 8.62. The van der Waals surface area contributed by atoms with Gasteiger partial charge in [-0.15, -0.1) is 0 Å². The van der Waals surface area contributed by atoms with E-state index in [0.717, 1.165) is 11.5 Å². The van der Waals surface area contributed by atoms with E-state index >= 15 is 0 Å². The molecule has 0 saturated carbocycles. The van der Waals surface area contributed by atoms with Crippen LogP contribution in [0, 0.1) is 6.92 Å². The SMILES string of the molecule is Cc1cc(CC(N)CO)no1. The van der Waals surface area contributed by atoms with Gasteiger partial charge in [-0.2, -0.15) is 0 Å². The van der Waals surface area contributed by atoms with E-state index < -0.39 is 0 Å². The highest BCUT2D eigenvalue weighted by Gasteiger charge is 2.05. The molecule has 4 nitrogen and oxygen atoms in total. The number of nitrogens with zero attached hydrogens (tertiary/aromatic N) is 1. The summed E-state index contributed by atoms with van der Waals surface area (Å²) in [6, 6.07) is 1.58. The lowest BCUT2D eigenvalue weighted by Gasteiger charge is -2.02. The molecule has 1 atom stereocenters. The van der Waals surface area contributed by atoms with E-state index in [1.54, 1.807) is 0 Å². The predicted molar refractivity (Wildman–Crippen MR) is 40.0 cm³/mol. The molecule has 0 aliphatic carbocycles. The first-order valence-corrected chi connectivity index (χ1v) is 3.51. The van der Waals surface area contributed by atoms with Gasteiger partial charge in [0.05, 0.1) is 12.3 Å². The van der Waals surface area contributed by atoms with E-state index in [4.69, 9.17) is 15.4 Å². The van der Waals surface area contributed by atoms with E-state index in [2.05, 4.69) is 5.16 Å². The van der Waals surface area contributed by atoms with Crippen molar-refractivity contribution in [1.29, 1.82) is 0 Å². The zero-order valence-corrected chi connectivity index (χ0v) is 6.45. The minimum absolute atomic E-state index is 0.0219. The number of rotatable bonds is 3. The first-order chi connectivity index (χ1) is 5.22. The average Bonchev–Trinajstić information content (AvgIpc) is 2.35. The van der Waals surface area contributed by atoms with E-state index in [1.165, 1.54) is 0 Å².